The quantitative estimate of drug-likeness (QED) is 0.0520. The number of carbonyl (C=O) groups excluding carboxylic acids is 4. The van der Waals surface area contributed by atoms with Crippen molar-refractivity contribution in [2.75, 3.05) is 21.2 Å². The van der Waals surface area contributed by atoms with Gasteiger partial charge in [-0.1, -0.05) is 45.1 Å². The lowest BCUT2D eigenvalue weighted by atomic mass is 9.82. The van der Waals surface area contributed by atoms with Crippen molar-refractivity contribution in [3.8, 4) is 0 Å². The number of esters is 3. The Labute approximate surface area is 424 Å². The lowest BCUT2D eigenvalue weighted by Gasteiger charge is -2.52. The molecule has 0 radical (unpaired) electrons. The molecule has 19 heteroatoms. The molecule has 2 fully saturated rings. The van der Waals surface area contributed by atoms with Gasteiger partial charge in [0.15, 0.2) is 49.2 Å². The molecule has 3 heterocycles. The van der Waals surface area contributed by atoms with Crippen LogP contribution in [0.1, 0.15) is 99.8 Å². The van der Waals surface area contributed by atoms with Crippen molar-refractivity contribution in [3.63, 3.8) is 0 Å². The molecule has 0 aromatic rings. The molecule has 0 N–H and O–H groups in total. The van der Waals surface area contributed by atoms with Gasteiger partial charge in [0.05, 0.1) is 43.0 Å². The average Bonchev–Trinajstić information content (AvgIpc) is 3.20. The number of hydrogen-bond donors (Lipinski definition) is 0. The number of hydrogen-bond acceptors (Lipinski definition) is 16. The van der Waals surface area contributed by atoms with E-state index < -0.39 is 128 Å². The van der Waals surface area contributed by atoms with Crippen molar-refractivity contribution < 1.29 is 70.4 Å². The van der Waals surface area contributed by atoms with Gasteiger partial charge in [-0.05, 0) is 125 Å². The van der Waals surface area contributed by atoms with E-state index in [1.54, 1.807) is 27.9 Å². The summed E-state index contributed by atoms with van der Waals surface area (Å²) in [7, 11) is -1.41. The third-order valence-electron chi connectivity index (χ3n) is 12.5. The largest absolute Gasteiger partial charge is 0.462 e. The van der Waals surface area contributed by atoms with Crippen LogP contribution < -0.4 is 0 Å². The molecule has 0 amide bonds. The number of cyclic esters (lactones) is 1. The van der Waals surface area contributed by atoms with E-state index in [9.17, 15) is 19.2 Å². The highest BCUT2D eigenvalue weighted by Gasteiger charge is 2.55. The SMILES string of the molecule is CCCC(=O)O[C@H]1[C@H](C)O[C@@H](O[C@H]2[C@H](N(C)C)[C@@H](O[Si](C)(C)C)[C@H](O[C@H]3C(CC=O)C[C@@H](C)[C@@H](O[Si](C)(C)C)/C=C/C=C/C[C@@H](C)OC(=O)CC(O[Si](C)(C)C)[C@@H]3OC)O[C@@H]2C)C[C@@]1(C)OC(=O)CC. The van der Waals surface area contributed by atoms with Crippen LogP contribution >= 0.6 is 0 Å². The monoisotopic (exact) mass is 1040 g/mol. The summed E-state index contributed by atoms with van der Waals surface area (Å²) in [6.07, 6.45) is 2.11. The molecular formula is C51H93NO15Si3. The van der Waals surface area contributed by atoms with Gasteiger partial charge in [0.1, 0.15) is 30.7 Å². The topological polar surface area (TPSA) is 173 Å². The Balaban J connectivity index is 2.23. The molecular weight excluding hydrogens is 951 g/mol. The first-order chi connectivity index (χ1) is 32.4. The summed E-state index contributed by atoms with van der Waals surface area (Å²) in [5.41, 5.74) is -1.26. The summed E-state index contributed by atoms with van der Waals surface area (Å²) in [5.74, 6) is -1.82. The molecule has 0 spiro atoms. The highest BCUT2D eigenvalue weighted by Crippen LogP contribution is 2.41. The number of allylic oxidation sites excluding steroid dienone is 2. The van der Waals surface area contributed by atoms with E-state index in [1.807, 2.05) is 58.0 Å². The summed E-state index contributed by atoms with van der Waals surface area (Å²) in [5, 5.41) is 0. The van der Waals surface area contributed by atoms with E-state index in [1.165, 1.54) is 0 Å². The van der Waals surface area contributed by atoms with Crippen LogP contribution in [-0.2, 0) is 70.4 Å². The van der Waals surface area contributed by atoms with Crippen LogP contribution in [0.3, 0.4) is 0 Å². The van der Waals surface area contributed by atoms with Crippen LogP contribution in [0.15, 0.2) is 24.3 Å². The molecule has 2 saturated heterocycles. The van der Waals surface area contributed by atoms with Gasteiger partial charge < -0.3 is 60.9 Å². The van der Waals surface area contributed by atoms with E-state index in [4.69, 9.17) is 51.2 Å². The fraction of sp³-hybridized carbons (Fsp3) is 0.843. The van der Waals surface area contributed by atoms with Gasteiger partial charge >= 0.3 is 17.9 Å². The molecule has 0 aromatic carbocycles. The molecule has 0 bridgehead atoms. The molecule has 16 atom stereocenters. The summed E-state index contributed by atoms with van der Waals surface area (Å²) in [4.78, 5) is 54.6. The van der Waals surface area contributed by atoms with Crippen LogP contribution in [0.4, 0.5) is 0 Å². The molecule has 0 aromatic heterocycles. The highest BCUT2D eigenvalue weighted by molar-refractivity contribution is 6.70. The zero-order valence-corrected chi connectivity index (χ0v) is 49.3. The van der Waals surface area contributed by atoms with Crippen molar-refractivity contribution in [2.45, 2.75) is 244 Å². The minimum absolute atomic E-state index is 0.0761. The summed E-state index contributed by atoms with van der Waals surface area (Å²) < 4.78 is 73.1. The number of ether oxygens (including phenoxy) is 8. The molecule has 2 unspecified atom stereocenters. The van der Waals surface area contributed by atoms with Crippen LogP contribution in [0.25, 0.3) is 0 Å². The normalized spacial score (nSPS) is 36.5. The third kappa shape index (κ3) is 19.6. The summed E-state index contributed by atoms with van der Waals surface area (Å²) >= 11 is 0. The molecule has 0 saturated carbocycles. The second-order valence-corrected chi connectivity index (χ2v) is 36.3. The van der Waals surface area contributed by atoms with Crippen molar-refractivity contribution in [1.82, 2.24) is 4.90 Å². The Morgan fingerprint density at radius 1 is 0.829 bits per heavy atom. The fourth-order valence-corrected chi connectivity index (χ4v) is 13.0. The van der Waals surface area contributed by atoms with Crippen LogP contribution in [0.2, 0.25) is 58.9 Å². The zero-order chi connectivity index (χ0) is 52.9. The van der Waals surface area contributed by atoms with Gasteiger partial charge in [0.25, 0.3) is 0 Å². The fourth-order valence-electron chi connectivity index (χ4n) is 9.68. The van der Waals surface area contributed by atoms with E-state index in [0.29, 0.717) is 19.3 Å². The van der Waals surface area contributed by atoms with Crippen molar-refractivity contribution in [2.24, 2.45) is 11.8 Å². The van der Waals surface area contributed by atoms with Gasteiger partial charge in [0.2, 0.25) is 0 Å². The maximum absolute atomic E-state index is 13.9. The minimum Gasteiger partial charge on any atom is -0.462 e. The predicted octanol–water partition coefficient (Wildman–Crippen LogP) is 8.74. The molecule has 70 heavy (non-hydrogen) atoms. The molecule has 3 rings (SSSR count). The second-order valence-electron chi connectivity index (χ2n) is 22.9. The number of methoxy groups -OCH3 is 1. The smallest absolute Gasteiger partial charge is 0.308 e. The Hall–Kier alpha value is -2.15. The second kappa shape index (κ2) is 27.4. The summed E-state index contributed by atoms with van der Waals surface area (Å²) in [6, 6.07) is -0.502. The van der Waals surface area contributed by atoms with Gasteiger partial charge in [-0.3, -0.25) is 14.4 Å². The van der Waals surface area contributed by atoms with E-state index in [0.717, 1.165) is 6.29 Å². The molecule has 3 aliphatic rings. The average molecular weight is 1040 g/mol. The van der Waals surface area contributed by atoms with Crippen molar-refractivity contribution in [1.29, 1.82) is 0 Å². The highest BCUT2D eigenvalue weighted by atomic mass is 28.4. The first kappa shape index (κ1) is 62.1. The zero-order valence-electron chi connectivity index (χ0n) is 46.3. The number of rotatable bonds is 19. The van der Waals surface area contributed by atoms with E-state index in [2.05, 4.69) is 71.9 Å². The minimum atomic E-state index is -2.43. The molecule has 3 aliphatic heterocycles. The maximum atomic E-state index is 13.9. The Morgan fingerprint density at radius 2 is 1.47 bits per heavy atom. The predicted molar refractivity (Wildman–Crippen MR) is 277 cm³/mol. The van der Waals surface area contributed by atoms with Gasteiger partial charge in [-0.2, -0.15) is 0 Å². The van der Waals surface area contributed by atoms with Gasteiger partial charge in [0, 0.05) is 39.2 Å². The Morgan fingerprint density at radius 3 is 2.03 bits per heavy atom. The first-order valence-electron chi connectivity index (χ1n) is 25.7. The maximum Gasteiger partial charge on any atom is 0.308 e. The van der Waals surface area contributed by atoms with Crippen molar-refractivity contribution >= 4 is 49.1 Å². The number of carbonyl (C=O) groups is 4. The molecule has 404 valence electrons. The first-order valence-corrected chi connectivity index (χ1v) is 35.9. The number of likely N-dealkylation sites (N-methyl/N-ethyl adjacent to an activating group) is 1. The van der Waals surface area contributed by atoms with Crippen LogP contribution in [-0.4, -0.2) is 161 Å². The lowest BCUT2D eigenvalue weighted by molar-refractivity contribution is -0.342. The van der Waals surface area contributed by atoms with E-state index in [-0.39, 0.29) is 44.1 Å². The molecule has 16 nitrogen and oxygen atoms in total. The Kier molecular flexibility index (Phi) is 24.3. The van der Waals surface area contributed by atoms with E-state index >= 15 is 0 Å². The number of nitrogens with zero attached hydrogens (tertiary/aromatic N) is 1. The number of aldehydes is 1. The lowest BCUT2D eigenvalue weighted by Crippen LogP contribution is -2.67. The standard InChI is InChI=1S/C51H93NO15Si3/c1-20-25-41(55)61-49-36(6)59-43(32-51(49,7)64-40(54)21-2)62-45-35(5)60-50(48(44(45)52(8)9)67-70(17,18)19)63-46-37(28-29-53)30-33(3)38(65-68(11,12)13)27-24-22-23-26-34(4)58-42(56)31-39(47(46)57-10)66-69(14,15)16/h22-24,27,29,33-39,43-50H,20-21,25-26,28,30-32H2,1-19H3/b23-22+,27-24+/t33-,34-,35-,36+,37?,38+,39?,43+,44+,45-,46+,47+,48-,49+,50+,51-/m1/s1. The summed E-state index contributed by atoms with van der Waals surface area (Å²) in [6.45, 7) is 32.0. The van der Waals surface area contributed by atoms with Crippen LogP contribution in [0.5, 0.6) is 0 Å². The van der Waals surface area contributed by atoms with Crippen molar-refractivity contribution in [3.05, 3.63) is 24.3 Å². The van der Waals surface area contributed by atoms with Gasteiger partial charge in [-0.25, -0.2) is 0 Å². The molecule has 0 aliphatic carbocycles. The Bertz CT molecular complexity index is 1710. The third-order valence-corrected chi connectivity index (χ3v) is 15.5. The van der Waals surface area contributed by atoms with Crippen LogP contribution in [0, 0.1) is 11.8 Å². The van der Waals surface area contributed by atoms with Gasteiger partial charge in [-0.15, -0.1) is 0 Å².